The highest BCUT2D eigenvalue weighted by atomic mass is 16.5. The lowest BCUT2D eigenvalue weighted by atomic mass is 10.0. The second-order valence-electron chi connectivity index (χ2n) is 5.91. The molecule has 0 atom stereocenters. The average Bonchev–Trinajstić information content (AvgIpc) is 3.34. The number of carbonyl (C=O) groups excluding carboxylic acids is 2. The van der Waals surface area contributed by atoms with Crippen LogP contribution in [0.2, 0.25) is 0 Å². The molecular weight excluding hydrogens is 292 g/mol. The summed E-state index contributed by atoms with van der Waals surface area (Å²) in [5, 5.41) is 11.8. The summed E-state index contributed by atoms with van der Waals surface area (Å²) >= 11 is 0. The lowest BCUT2D eigenvalue weighted by Gasteiger charge is -2.06. The van der Waals surface area contributed by atoms with Gasteiger partial charge < -0.3 is 10.1 Å². The topological polar surface area (TPSA) is 79.2 Å². The number of hydrogen-bond donors (Lipinski definition) is 1. The SMILES string of the molecule is CC(C)c1ccc(/C=C(\C#N)C(=O)OCC(=O)NC2CC2)cc1. The third-order valence-corrected chi connectivity index (χ3v) is 3.53. The van der Waals surface area contributed by atoms with Gasteiger partial charge in [0, 0.05) is 6.04 Å². The normalized spacial score (nSPS) is 14.3. The van der Waals surface area contributed by atoms with Crippen LogP contribution < -0.4 is 5.32 Å². The van der Waals surface area contributed by atoms with Gasteiger partial charge in [0.25, 0.3) is 5.91 Å². The maximum Gasteiger partial charge on any atom is 0.349 e. The number of nitrogens with zero attached hydrogens (tertiary/aromatic N) is 1. The van der Waals surface area contributed by atoms with Crippen LogP contribution in [0.25, 0.3) is 6.08 Å². The molecular formula is C18H20N2O3. The zero-order chi connectivity index (χ0) is 16.8. The fourth-order valence-corrected chi connectivity index (χ4v) is 1.99. The van der Waals surface area contributed by atoms with E-state index in [1.807, 2.05) is 30.3 Å². The van der Waals surface area contributed by atoms with E-state index in [1.165, 1.54) is 11.6 Å². The van der Waals surface area contributed by atoms with E-state index < -0.39 is 5.97 Å². The van der Waals surface area contributed by atoms with Gasteiger partial charge in [-0.05, 0) is 36.0 Å². The van der Waals surface area contributed by atoms with Gasteiger partial charge in [-0.15, -0.1) is 0 Å². The summed E-state index contributed by atoms with van der Waals surface area (Å²) in [4.78, 5) is 23.3. The average molecular weight is 312 g/mol. The third-order valence-electron chi connectivity index (χ3n) is 3.53. The van der Waals surface area contributed by atoms with Crippen molar-refractivity contribution in [3.8, 4) is 6.07 Å². The molecule has 1 aromatic rings. The Kier molecular flexibility index (Phi) is 5.53. The molecule has 1 amide bonds. The van der Waals surface area contributed by atoms with Gasteiger partial charge in [0.15, 0.2) is 6.61 Å². The van der Waals surface area contributed by atoms with Crippen LogP contribution in [0, 0.1) is 11.3 Å². The molecule has 0 spiro atoms. The molecule has 1 aliphatic rings. The first-order valence-electron chi connectivity index (χ1n) is 7.68. The van der Waals surface area contributed by atoms with Crippen LogP contribution in [0.15, 0.2) is 29.8 Å². The monoisotopic (exact) mass is 312 g/mol. The molecule has 0 unspecified atom stereocenters. The Morgan fingerprint density at radius 2 is 2.00 bits per heavy atom. The van der Waals surface area contributed by atoms with Gasteiger partial charge in [-0.1, -0.05) is 38.1 Å². The van der Waals surface area contributed by atoms with Crippen molar-refractivity contribution >= 4 is 18.0 Å². The number of esters is 1. The highest BCUT2D eigenvalue weighted by molar-refractivity contribution is 5.98. The molecule has 1 N–H and O–H groups in total. The number of ether oxygens (including phenoxy) is 1. The van der Waals surface area contributed by atoms with E-state index in [0.717, 1.165) is 18.4 Å². The third kappa shape index (κ3) is 5.26. The maximum absolute atomic E-state index is 11.9. The molecule has 0 saturated heterocycles. The number of benzene rings is 1. The first kappa shape index (κ1) is 16.8. The number of carbonyl (C=O) groups is 2. The molecule has 0 bridgehead atoms. The summed E-state index contributed by atoms with van der Waals surface area (Å²) < 4.78 is 4.88. The summed E-state index contributed by atoms with van der Waals surface area (Å²) in [6.45, 7) is 3.83. The van der Waals surface area contributed by atoms with Crippen LogP contribution in [0.3, 0.4) is 0 Å². The summed E-state index contributed by atoms with van der Waals surface area (Å²) in [6, 6.07) is 9.64. The standard InChI is InChI=1S/C18H20N2O3/c1-12(2)14-5-3-13(4-6-14)9-15(10-19)18(22)23-11-17(21)20-16-7-8-16/h3-6,9,12,16H,7-8,11H2,1-2H3,(H,20,21)/b15-9+. The highest BCUT2D eigenvalue weighted by Crippen LogP contribution is 2.18. The molecule has 0 heterocycles. The molecule has 1 aromatic carbocycles. The Labute approximate surface area is 135 Å². The highest BCUT2D eigenvalue weighted by Gasteiger charge is 2.23. The molecule has 1 fully saturated rings. The second kappa shape index (κ2) is 7.59. The smallest absolute Gasteiger partial charge is 0.349 e. The molecule has 23 heavy (non-hydrogen) atoms. The van der Waals surface area contributed by atoms with Crippen molar-refractivity contribution in [2.24, 2.45) is 0 Å². The lowest BCUT2D eigenvalue weighted by molar-refractivity contribution is -0.144. The first-order valence-corrected chi connectivity index (χ1v) is 7.68. The number of amides is 1. The molecule has 2 rings (SSSR count). The van der Waals surface area contributed by atoms with Gasteiger partial charge in [-0.2, -0.15) is 5.26 Å². The van der Waals surface area contributed by atoms with E-state index in [2.05, 4.69) is 19.2 Å². The fourth-order valence-electron chi connectivity index (χ4n) is 1.99. The zero-order valence-corrected chi connectivity index (χ0v) is 13.3. The van der Waals surface area contributed by atoms with E-state index >= 15 is 0 Å². The minimum Gasteiger partial charge on any atom is -0.451 e. The quantitative estimate of drug-likeness (QED) is 0.497. The second-order valence-corrected chi connectivity index (χ2v) is 5.91. The first-order chi connectivity index (χ1) is 11.0. The van der Waals surface area contributed by atoms with E-state index in [4.69, 9.17) is 10.00 Å². The van der Waals surface area contributed by atoms with Crippen molar-refractivity contribution in [3.63, 3.8) is 0 Å². The maximum atomic E-state index is 11.9. The zero-order valence-electron chi connectivity index (χ0n) is 13.3. The molecule has 0 aliphatic heterocycles. The van der Waals surface area contributed by atoms with E-state index in [-0.39, 0.29) is 24.1 Å². The van der Waals surface area contributed by atoms with Crippen LogP contribution in [0.4, 0.5) is 0 Å². The predicted molar refractivity (Wildman–Crippen MR) is 86.2 cm³/mol. The summed E-state index contributed by atoms with van der Waals surface area (Å²) in [5.41, 5.74) is 1.80. The number of nitriles is 1. The molecule has 1 saturated carbocycles. The molecule has 5 heteroatoms. The van der Waals surface area contributed by atoms with Crippen molar-refractivity contribution in [1.82, 2.24) is 5.32 Å². The summed E-state index contributed by atoms with van der Waals surface area (Å²) in [7, 11) is 0. The minimum absolute atomic E-state index is 0.124. The molecule has 5 nitrogen and oxygen atoms in total. The van der Waals surface area contributed by atoms with E-state index in [9.17, 15) is 9.59 Å². The van der Waals surface area contributed by atoms with Crippen LogP contribution >= 0.6 is 0 Å². The fraction of sp³-hybridized carbons (Fsp3) is 0.389. The lowest BCUT2D eigenvalue weighted by Crippen LogP contribution is -2.30. The molecule has 120 valence electrons. The Morgan fingerprint density at radius 1 is 1.35 bits per heavy atom. The van der Waals surface area contributed by atoms with Crippen molar-refractivity contribution < 1.29 is 14.3 Å². The van der Waals surface area contributed by atoms with Crippen molar-refractivity contribution in [3.05, 3.63) is 41.0 Å². The summed E-state index contributed by atoms with van der Waals surface area (Å²) in [6.07, 6.45) is 3.40. The molecule has 0 aromatic heterocycles. The van der Waals surface area contributed by atoms with Gasteiger partial charge in [0.2, 0.25) is 0 Å². The van der Waals surface area contributed by atoms with Crippen molar-refractivity contribution in [2.45, 2.75) is 38.6 Å². The van der Waals surface area contributed by atoms with Gasteiger partial charge in [0.1, 0.15) is 11.6 Å². The van der Waals surface area contributed by atoms with Crippen molar-refractivity contribution in [1.29, 1.82) is 5.26 Å². The summed E-state index contributed by atoms with van der Waals surface area (Å²) in [5.74, 6) is -0.704. The van der Waals surface area contributed by atoms with Crippen molar-refractivity contribution in [2.75, 3.05) is 6.61 Å². The molecule has 0 radical (unpaired) electrons. The van der Waals surface area contributed by atoms with E-state index in [1.54, 1.807) is 0 Å². The Hall–Kier alpha value is -2.61. The Morgan fingerprint density at radius 3 is 2.52 bits per heavy atom. The largest absolute Gasteiger partial charge is 0.451 e. The number of rotatable bonds is 6. The Bertz CT molecular complexity index is 650. The molecule has 1 aliphatic carbocycles. The Balaban J connectivity index is 1.95. The number of nitrogens with one attached hydrogen (secondary N) is 1. The van der Waals surface area contributed by atoms with Crippen LogP contribution in [-0.4, -0.2) is 24.5 Å². The van der Waals surface area contributed by atoms with Crippen LogP contribution in [-0.2, 0) is 14.3 Å². The van der Waals surface area contributed by atoms with Gasteiger partial charge in [-0.3, -0.25) is 4.79 Å². The van der Waals surface area contributed by atoms with Crippen LogP contribution in [0.5, 0.6) is 0 Å². The minimum atomic E-state index is -0.786. The number of hydrogen-bond acceptors (Lipinski definition) is 4. The van der Waals surface area contributed by atoms with Gasteiger partial charge >= 0.3 is 5.97 Å². The van der Waals surface area contributed by atoms with Gasteiger partial charge in [0.05, 0.1) is 0 Å². The van der Waals surface area contributed by atoms with Gasteiger partial charge in [-0.25, -0.2) is 4.79 Å². The van der Waals surface area contributed by atoms with E-state index in [0.29, 0.717) is 5.92 Å². The predicted octanol–water partition coefficient (Wildman–Crippen LogP) is 2.54. The van der Waals surface area contributed by atoms with Crippen LogP contribution in [0.1, 0.15) is 43.7 Å².